The highest BCUT2D eigenvalue weighted by Crippen LogP contribution is 2.21. The minimum Gasteiger partial charge on any atom is -0.325 e. The van der Waals surface area contributed by atoms with Crippen LogP contribution in [0.2, 0.25) is 0 Å². The van der Waals surface area contributed by atoms with Crippen molar-refractivity contribution in [2.75, 3.05) is 0 Å². The van der Waals surface area contributed by atoms with E-state index in [4.69, 9.17) is 0 Å². The highest BCUT2D eigenvalue weighted by molar-refractivity contribution is 6.00. The monoisotopic (exact) mass is 244 g/mol. The van der Waals surface area contributed by atoms with Crippen LogP contribution >= 0.6 is 0 Å². The van der Waals surface area contributed by atoms with Crippen molar-refractivity contribution in [3.8, 4) is 0 Å². The van der Waals surface area contributed by atoms with Gasteiger partial charge in [0, 0.05) is 19.0 Å². The van der Waals surface area contributed by atoms with E-state index in [9.17, 15) is 9.59 Å². The molecule has 0 N–H and O–H groups in total. The Bertz CT molecular complexity index is 626. The molecule has 18 heavy (non-hydrogen) atoms. The number of benzene rings is 1. The van der Waals surface area contributed by atoms with Crippen LogP contribution in [0.3, 0.4) is 0 Å². The van der Waals surface area contributed by atoms with E-state index in [1.807, 2.05) is 19.9 Å². The maximum atomic E-state index is 12.0. The molecule has 0 aliphatic rings. The van der Waals surface area contributed by atoms with Crippen LogP contribution in [-0.4, -0.2) is 21.6 Å². The third kappa shape index (κ3) is 1.94. The number of fused-ring (bicyclic) bond motifs is 1. The van der Waals surface area contributed by atoms with Gasteiger partial charge in [0.1, 0.15) is 0 Å². The molecule has 0 amide bonds. The summed E-state index contributed by atoms with van der Waals surface area (Å²) in [4.78, 5) is 27.0. The van der Waals surface area contributed by atoms with Crippen LogP contribution < -0.4 is 0 Å². The van der Waals surface area contributed by atoms with Crippen LogP contribution in [0.25, 0.3) is 11.0 Å². The van der Waals surface area contributed by atoms with E-state index in [0.29, 0.717) is 23.3 Å². The number of imidazole rings is 1. The molecule has 0 spiro atoms. The Hall–Kier alpha value is -1.97. The van der Waals surface area contributed by atoms with E-state index in [1.165, 1.54) is 0 Å². The van der Waals surface area contributed by atoms with Gasteiger partial charge in [-0.1, -0.05) is 6.92 Å². The van der Waals surface area contributed by atoms with E-state index >= 15 is 0 Å². The fourth-order valence-electron chi connectivity index (χ4n) is 2.13. The van der Waals surface area contributed by atoms with Crippen LogP contribution in [0.5, 0.6) is 0 Å². The van der Waals surface area contributed by atoms with Crippen molar-refractivity contribution in [3.63, 3.8) is 0 Å². The van der Waals surface area contributed by atoms with Crippen molar-refractivity contribution in [3.05, 3.63) is 29.1 Å². The molecular weight excluding hydrogens is 228 g/mol. The normalized spacial score (nSPS) is 10.8. The van der Waals surface area contributed by atoms with E-state index < -0.39 is 0 Å². The number of carbonyl (C=O) groups excluding carboxylic acids is 2. The van der Waals surface area contributed by atoms with Crippen molar-refractivity contribution in [1.29, 1.82) is 0 Å². The van der Waals surface area contributed by atoms with Gasteiger partial charge >= 0.3 is 0 Å². The SMILES string of the molecule is CCCC(=O)c1cc2nc(C=O)n(C)c2cc1C. The summed E-state index contributed by atoms with van der Waals surface area (Å²) in [6.07, 6.45) is 2.10. The molecule has 2 aromatic rings. The molecule has 0 saturated heterocycles. The molecule has 1 aromatic carbocycles. The quantitative estimate of drug-likeness (QED) is 0.613. The lowest BCUT2D eigenvalue weighted by molar-refractivity contribution is 0.0981. The topological polar surface area (TPSA) is 52.0 Å². The molecule has 0 fully saturated rings. The number of hydrogen-bond acceptors (Lipinski definition) is 3. The highest BCUT2D eigenvalue weighted by atomic mass is 16.1. The largest absolute Gasteiger partial charge is 0.325 e. The number of aromatic nitrogens is 2. The maximum absolute atomic E-state index is 12.0. The van der Waals surface area contributed by atoms with Gasteiger partial charge in [0.15, 0.2) is 17.9 Å². The average molecular weight is 244 g/mol. The Balaban J connectivity index is 2.62. The summed E-state index contributed by atoms with van der Waals surface area (Å²) in [5.41, 5.74) is 3.22. The Morgan fingerprint density at radius 2 is 2.17 bits per heavy atom. The van der Waals surface area contributed by atoms with Gasteiger partial charge in [-0.3, -0.25) is 9.59 Å². The lowest BCUT2D eigenvalue weighted by Crippen LogP contribution is -2.01. The number of rotatable bonds is 4. The first-order chi connectivity index (χ1) is 8.58. The molecule has 1 aromatic heterocycles. The number of aryl methyl sites for hydroxylation is 2. The van der Waals surface area contributed by atoms with Crippen LogP contribution in [-0.2, 0) is 7.05 Å². The molecule has 0 aliphatic carbocycles. The van der Waals surface area contributed by atoms with E-state index in [-0.39, 0.29) is 5.78 Å². The van der Waals surface area contributed by atoms with Gasteiger partial charge in [0.05, 0.1) is 11.0 Å². The summed E-state index contributed by atoms with van der Waals surface area (Å²) in [6, 6.07) is 3.70. The smallest absolute Gasteiger partial charge is 0.185 e. The minimum absolute atomic E-state index is 0.134. The lowest BCUT2D eigenvalue weighted by Gasteiger charge is -2.05. The lowest BCUT2D eigenvalue weighted by atomic mass is 10.0. The van der Waals surface area contributed by atoms with Crippen LogP contribution in [0, 0.1) is 6.92 Å². The van der Waals surface area contributed by atoms with Gasteiger partial charge in [-0.05, 0) is 31.0 Å². The predicted molar refractivity (Wildman–Crippen MR) is 70.1 cm³/mol. The zero-order valence-corrected chi connectivity index (χ0v) is 10.9. The number of carbonyl (C=O) groups is 2. The molecule has 2 rings (SSSR count). The fraction of sp³-hybridized carbons (Fsp3) is 0.357. The van der Waals surface area contributed by atoms with Gasteiger partial charge in [0.25, 0.3) is 0 Å². The summed E-state index contributed by atoms with van der Waals surface area (Å²) in [5.74, 6) is 0.514. The van der Waals surface area contributed by atoms with Crippen molar-refractivity contribution >= 4 is 23.1 Å². The molecule has 0 unspecified atom stereocenters. The average Bonchev–Trinajstić information content (AvgIpc) is 2.65. The van der Waals surface area contributed by atoms with Crippen molar-refractivity contribution in [2.24, 2.45) is 7.05 Å². The van der Waals surface area contributed by atoms with E-state index in [2.05, 4.69) is 4.98 Å². The van der Waals surface area contributed by atoms with Gasteiger partial charge in [0.2, 0.25) is 0 Å². The van der Waals surface area contributed by atoms with Crippen LogP contribution in [0.15, 0.2) is 12.1 Å². The number of Topliss-reactive ketones (excluding diaryl/α,β-unsaturated/α-hetero) is 1. The number of aldehydes is 1. The van der Waals surface area contributed by atoms with Crippen LogP contribution in [0.4, 0.5) is 0 Å². The minimum atomic E-state index is 0.134. The first kappa shape index (κ1) is 12.5. The summed E-state index contributed by atoms with van der Waals surface area (Å²) in [5, 5.41) is 0. The van der Waals surface area contributed by atoms with Gasteiger partial charge in [-0.15, -0.1) is 0 Å². The summed E-state index contributed by atoms with van der Waals surface area (Å²) < 4.78 is 1.74. The molecule has 4 nitrogen and oxygen atoms in total. The molecule has 0 saturated carbocycles. The van der Waals surface area contributed by atoms with Crippen LogP contribution in [0.1, 0.15) is 46.3 Å². The van der Waals surface area contributed by atoms with Gasteiger partial charge < -0.3 is 4.57 Å². The fourth-order valence-corrected chi connectivity index (χ4v) is 2.13. The Morgan fingerprint density at radius 3 is 2.78 bits per heavy atom. The van der Waals surface area contributed by atoms with Crippen molar-refractivity contribution in [1.82, 2.24) is 9.55 Å². The maximum Gasteiger partial charge on any atom is 0.185 e. The molecule has 0 bridgehead atoms. The Labute approximate surface area is 106 Å². The Morgan fingerprint density at radius 1 is 1.44 bits per heavy atom. The molecule has 1 heterocycles. The van der Waals surface area contributed by atoms with E-state index in [0.717, 1.165) is 23.8 Å². The summed E-state index contributed by atoms with van der Waals surface area (Å²) >= 11 is 0. The number of nitrogens with zero attached hydrogens (tertiary/aromatic N) is 2. The Kier molecular flexibility index (Phi) is 3.28. The highest BCUT2D eigenvalue weighted by Gasteiger charge is 2.13. The predicted octanol–water partition coefficient (Wildman–Crippen LogP) is 2.68. The summed E-state index contributed by atoms with van der Waals surface area (Å²) in [6.45, 7) is 3.90. The molecule has 4 heteroatoms. The zero-order chi connectivity index (χ0) is 13.3. The van der Waals surface area contributed by atoms with Gasteiger partial charge in [-0.25, -0.2) is 4.98 Å². The third-order valence-corrected chi connectivity index (χ3v) is 3.14. The van der Waals surface area contributed by atoms with Gasteiger partial charge in [-0.2, -0.15) is 0 Å². The first-order valence-electron chi connectivity index (χ1n) is 6.04. The summed E-state index contributed by atoms with van der Waals surface area (Å²) in [7, 11) is 1.80. The number of hydrogen-bond donors (Lipinski definition) is 0. The molecule has 0 aliphatic heterocycles. The third-order valence-electron chi connectivity index (χ3n) is 3.14. The molecule has 0 atom stereocenters. The number of ketones is 1. The van der Waals surface area contributed by atoms with Crippen molar-refractivity contribution in [2.45, 2.75) is 26.7 Å². The standard InChI is InChI=1S/C14H16N2O2/c1-4-5-13(18)10-7-11-12(6-9(10)2)16(3)14(8-17)15-11/h6-8H,4-5H2,1-3H3. The second kappa shape index (κ2) is 4.72. The van der Waals surface area contributed by atoms with E-state index in [1.54, 1.807) is 17.7 Å². The second-order valence-corrected chi connectivity index (χ2v) is 4.48. The first-order valence-corrected chi connectivity index (χ1v) is 6.04. The molecule has 94 valence electrons. The van der Waals surface area contributed by atoms with Crippen molar-refractivity contribution < 1.29 is 9.59 Å². The second-order valence-electron chi connectivity index (χ2n) is 4.48. The molecular formula is C14H16N2O2. The zero-order valence-electron chi connectivity index (χ0n) is 10.9. The molecule has 0 radical (unpaired) electrons.